The van der Waals surface area contributed by atoms with Crippen molar-refractivity contribution in [2.75, 3.05) is 18.4 Å². The molecule has 6 nitrogen and oxygen atoms in total. The van der Waals surface area contributed by atoms with Crippen LogP contribution in [0.25, 0.3) is 5.69 Å². The number of carbonyl (C=O) groups excluding carboxylic acids is 2. The van der Waals surface area contributed by atoms with Crippen LogP contribution in [0, 0.1) is 11.8 Å². The highest BCUT2D eigenvalue weighted by atomic mass is 16.2. The van der Waals surface area contributed by atoms with E-state index in [4.69, 9.17) is 0 Å². The Balaban J connectivity index is 1.81. The summed E-state index contributed by atoms with van der Waals surface area (Å²) in [6, 6.07) is 9.63. The number of hydrogen-bond donors (Lipinski definition) is 1. The molecule has 1 aromatic carbocycles. The minimum atomic E-state index is -0.106. The molecule has 0 spiro atoms. The van der Waals surface area contributed by atoms with Gasteiger partial charge in [-0.2, -0.15) is 5.10 Å². The standard InChI is InChI=1S/C25H36N4O2/c1-4-7-11-19-14-16-20(17-15-19)24(30)27-23-22(25(31)28(5-2)6-3)18-26-29(23)21-12-9-8-10-13-21/h8-10,12-13,18-20H,4-7,11,14-17H2,1-3H3,(H,27,30). The van der Waals surface area contributed by atoms with E-state index in [1.165, 1.54) is 19.3 Å². The number of unbranched alkanes of at least 4 members (excludes halogenated alkanes) is 1. The molecule has 0 radical (unpaired) electrons. The van der Waals surface area contributed by atoms with Crippen molar-refractivity contribution in [3.63, 3.8) is 0 Å². The summed E-state index contributed by atoms with van der Waals surface area (Å²) in [6.45, 7) is 7.37. The van der Waals surface area contributed by atoms with E-state index in [2.05, 4.69) is 17.3 Å². The van der Waals surface area contributed by atoms with Gasteiger partial charge in [-0.15, -0.1) is 0 Å². The molecule has 1 aliphatic rings. The van der Waals surface area contributed by atoms with Crippen LogP contribution >= 0.6 is 0 Å². The second-order valence-electron chi connectivity index (χ2n) is 8.48. The fraction of sp³-hybridized carbons (Fsp3) is 0.560. The zero-order valence-corrected chi connectivity index (χ0v) is 19.1. The summed E-state index contributed by atoms with van der Waals surface area (Å²) in [7, 11) is 0. The molecule has 0 saturated heterocycles. The second-order valence-corrected chi connectivity index (χ2v) is 8.48. The Morgan fingerprint density at radius 2 is 1.74 bits per heavy atom. The fourth-order valence-corrected chi connectivity index (χ4v) is 4.50. The molecule has 0 atom stereocenters. The van der Waals surface area contributed by atoms with Crippen molar-refractivity contribution in [3.8, 4) is 5.69 Å². The summed E-state index contributed by atoms with van der Waals surface area (Å²) in [5.41, 5.74) is 1.26. The molecule has 3 rings (SSSR count). The van der Waals surface area contributed by atoms with Gasteiger partial charge in [-0.1, -0.05) is 44.4 Å². The summed E-state index contributed by atoms with van der Waals surface area (Å²) in [5.74, 6) is 1.11. The van der Waals surface area contributed by atoms with Crippen molar-refractivity contribution in [1.29, 1.82) is 0 Å². The van der Waals surface area contributed by atoms with Gasteiger partial charge in [0.05, 0.1) is 11.9 Å². The Labute approximate surface area is 186 Å². The third kappa shape index (κ3) is 5.54. The monoisotopic (exact) mass is 424 g/mol. The second kappa shape index (κ2) is 11.1. The van der Waals surface area contributed by atoms with Crippen LogP contribution in [0.1, 0.15) is 76.1 Å². The van der Waals surface area contributed by atoms with Gasteiger partial charge in [-0.3, -0.25) is 9.59 Å². The molecule has 2 amide bonds. The molecule has 1 saturated carbocycles. The predicted octanol–water partition coefficient (Wildman–Crippen LogP) is 5.29. The van der Waals surface area contributed by atoms with Gasteiger partial charge in [-0.25, -0.2) is 4.68 Å². The van der Waals surface area contributed by atoms with E-state index in [1.54, 1.807) is 15.8 Å². The smallest absolute Gasteiger partial charge is 0.259 e. The van der Waals surface area contributed by atoms with Gasteiger partial charge in [0, 0.05) is 19.0 Å². The van der Waals surface area contributed by atoms with Crippen LogP contribution in [0.4, 0.5) is 5.82 Å². The summed E-state index contributed by atoms with van der Waals surface area (Å²) in [4.78, 5) is 28.0. The van der Waals surface area contributed by atoms with Crippen molar-refractivity contribution in [3.05, 3.63) is 42.1 Å². The molecule has 1 N–H and O–H groups in total. The first-order valence-corrected chi connectivity index (χ1v) is 11.8. The van der Waals surface area contributed by atoms with Crippen molar-refractivity contribution in [2.45, 2.75) is 65.7 Å². The first-order chi connectivity index (χ1) is 15.1. The molecule has 6 heteroatoms. The van der Waals surface area contributed by atoms with Crippen molar-refractivity contribution in [1.82, 2.24) is 14.7 Å². The molecular weight excluding hydrogens is 388 g/mol. The number of benzene rings is 1. The summed E-state index contributed by atoms with van der Waals surface area (Å²) in [5, 5.41) is 7.54. The number of nitrogens with one attached hydrogen (secondary N) is 1. The maximum Gasteiger partial charge on any atom is 0.259 e. The number of para-hydroxylation sites is 1. The molecule has 1 fully saturated rings. The maximum absolute atomic E-state index is 13.2. The van der Waals surface area contributed by atoms with Crippen molar-refractivity contribution >= 4 is 17.6 Å². The molecular formula is C25H36N4O2. The van der Waals surface area contributed by atoms with E-state index in [0.717, 1.165) is 37.3 Å². The quantitative estimate of drug-likeness (QED) is 0.595. The lowest BCUT2D eigenvalue weighted by molar-refractivity contribution is -0.121. The van der Waals surface area contributed by atoms with Crippen LogP contribution in [0.2, 0.25) is 0 Å². The van der Waals surface area contributed by atoms with Gasteiger partial charge in [0.1, 0.15) is 11.4 Å². The average molecular weight is 425 g/mol. The third-order valence-corrected chi connectivity index (χ3v) is 6.48. The SMILES string of the molecule is CCCCC1CCC(C(=O)Nc2c(C(=O)N(CC)CC)cnn2-c2ccccc2)CC1. The molecule has 2 aromatic rings. The summed E-state index contributed by atoms with van der Waals surface area (Å²) >= 11 is 0. The third-order valence-electron chi connectivity index (χ3n) is 6.48. The lowest BCUT2D eigenvalue weighted by Gasteiger charge is -2.28. The Hall–Kier alpha value is -2.63. The minimum Gasteiger partial charge on any atom is -0.339 e. The van der Waals surface area contributed by atoms with Crippen LogP contribution in [0.15, 0.2) is 36.5 Å². The number of aromatic nitrogens is 2. The molecule has 1 aromatic heterocycles. The van der Waals surface area contributed by atoms with Gasteiger partial charge < -0.3 is 10.2 Å². The molecule has 31 heavy (non-hydrogen) atoms. The highest BCUT2D eigenvalue weighted by Crippen LogP contribution is 2.33. The maximum atomic E-state index is 13.2. The zero-order chi connectivity index (χ0) is 22.2. The highest BCUT2D eigenvalue weighted by Gasteiger charge is 2.29. The van der Waals surface area contributed by atoms with Gasteiger partial charge in [0.25, 0.3) is 5.91 Å². The summed E-state index contributed by atoms with van der Waals surface area (Å²) in [6.07, 6.45) is 9.40. The van der Waals surface area contributed by atoms with Gasteiger partial charge in [0.15, 0.2) is 0 Å². The van der Waals surface area contributed by atoms with Crippen LogP contribution < -0.4 is 5.32 Å². The van der Waals surface area contributed by atoms with Crippen LogP contribution in [-0.4, -0.2) is 39.6 Å². The Morgan fingerprint density at radius 1 is 1.06 bits per heavy atom. The lowest BCUT2D eigenvalue weighted by Crippen LogP contribution is -2.32. The number of carbonyl (C=O) groups is 2. The first-order valence-electron chi connectivity index (χ1n) is 11.8. The van der Waals surface area contributed by atoms with Gasteiger partial charge >= 0.3 is 0 Å². The number of nitrogens with zero attached hydrogens (tertiary/aromatic N) is 3. The van der Waals surface area contributed by atoms with Gasteiger partial charge in [-0.05, 0) is 57.6 Å². The number of amides is 2. The van der Waals surface area contributed by atoms with E-state index in [0.29, 0.717) is 24.5 Å². The summed E-state index contributed by atoms with van der Waals surface area (Å²) < 4.78 is 1.67. The Morgan fingerprint density at radius 3 is 2.35 bits per heavy atom. The molecule has 0 aliphatic heterocycles. The number of anilines is 1. The van der Waals surface area contributed by atoms with E-state index < -0.39 is 0 Å². The zero-order valence-electron chi connectivity index (χ0n) is 19.1. The van der Waals surface area contributed by atoms with Crippen LogP contribution in [0.5, 0.6) is 0 Å². The van der Waals surface area contributed by atoms with Crippen molar-refractivity contribution < 1.29 is 9.59 Å². The predicted molar refractivity (Wildman–Crippen MR) is 124 cm³/mol. The van der Waals surface area contributed by atoms with Crippen molar-refractivity contribution in [2.24, 2.45) is 11.8 Å². The Bertz CT molecular complexity index is 850. The molecule has 0 unspecified atom stereocenters. The van der Waals surface area contributed by atoms with E-state index >= 15 is 0 Å². The van der Waals surface area contributed by atoms with Crippen LogP contribution in [0.3, 0.4) is 0 Å². The van der Waals surface area contributed by atoms with E-state index in [9.17, 15) is 9.59 Å². The van der Waals surface area contributed by atoms with Crippen LogP contribution in [-0.2, 0) is 4.79 Å². The number of rotatable bonds is 9. The highest BCUT2D eigenvalue weighted by molar-refractivity contribution is 6.03. The van der Waals surface area contributed by atoms with E-state index in [1.807, 2.05) is 44.2 Å². The fourth-order valence-electron chi connectivity index (χ4n) is 4.50. The molecule has 1 heterocycles. The molecule has 1 aliphatic carbocycles. The lowest BCUT2D eigenvalue weighted by atomic mass is 9.79. The minimum absolute atomic E-state index is 0.000203. The first kappa shape index (κ1) is 23.0. The van der Waals surface area contributed by atoms with Gasteiger partial charge in [0.2, 0.25) is 5.91 Å². The Kier molecular flexibility index (Phi) is 8.27. The number of hydrogen-bond acceptors (Lipinski definition) is 3. The van der Waals surface area contributed by atoms with E-state index in [-0.39, 0.29) is 17.7 Å². The molecule has 0 bridgehead atoms. The molecule has 168 valence electrons. The average Bonchev–Trinajstić information content (AvgIpc) is 3.22. The normalized spacial score (nSPS) is 18.5. The largest absolute Gasteiger partial charge is 0.339 e. The topological polar surface area (TPSA) is 67.2 Å².